The predicted molar refractivity (Wildman–Crippen MR) is 36.4 cm³/mol. The Hall–Kier alpha value is 0.0969. The zero-order chi connectivity index (χ0) is 6.41. The van der Waals surface area contributed by atoms with Gasteiger partial charge in [0.15, 0.2) is 0 Å². The van der Waals surface area contributed by atoms with Crippen molar-refractivity contribution in [3.05, 3.63) is 0 Å². The first-order valence-electron chi connectivity index (χ1n) is 2.90. The molecular formula is C4H14N2OSi. The molecule has 4 heteroatoms. The molecule has 0 spiro atoms. The van der Waals surface area contributed by atoms with Crippen LogP contribution in [0.15, 0.2) is 0 Å². The standard InChI is InChI=1S/C4H14N2OSi/c1-2-3-4-7-8(5)6/h8H,2-6H2,1H3. The molecule has 0 heterocycles. The minimum atomic E-state index is -1.70. The molecule has 0 bridgehead atoms. The van der Waals surface area contributed by atoms with Gasteiger partial charge in [-0.05, 0) is 6.42 Å². The van der Waals surface area contributed by atoms with Crippen molar-refractivity contribution >= 4 is 9.36 Å². The van der Waals surface area contributed by atoms with E-state index in [1.165, 1.54) is 0 Å². The van der Waals surface area contributed by atoms with Gasteiger partial charge in [0.1, 0.15) is 0 Å². The maximum atomic E-state index is 5.23. The summed E-state index contributed by atoms with van der Waals surface area (Å²) in [6.07, 6.45) is 2.21. The van der Waals surface area contributed by atoms with Crippen molar-refractivity contribution in [2.45, 2.75) is 19.8 Å². The molecule has 0 radical (unpaired) electrons. The first-order chi connectivity index (χ1) is 3.77. The molecule has 0 aliphatic heterocycles. The van der Waals surface area contributed by atoms with Gasteiger partial charge in [0, 0.05) is 6.61 Å². The van der Waals surface area contributed by atoms with Crippen molar-refractivity contribution in [2.24, 2.45) is 10.8 Å². The van der Waals surface area contributed by atoms with Crippen LogP contribution in [0.4, 0.5) is 0 Å². The molecule has 0 aliphatic carbocycles. The van der Waals surface area contributed by atoms with Crippen molar-refractivity contribution in [1.82, 2.24) is 0 Å². The summed E-state index contributed by atoms with van der Waals surface area (Å²) in [5, 5.41) is 10.5. The molecule has 0 aromatic carbocycles. The monoisotopic (exact) mass is 134 g/mol. The minimum Gasteiger partial charge on any atom is -0.394 e. The van der Waals surface area contributed by atoms with Gasteiger partial charge >= 0.3 is 9.36 Å². The Balaban J connectivity index is 2.72. The molecule has 0 fully saturated rings. The van der Waals surface area contributed by atoms with Gasteiger partial charge in [-0.2, -0.15) is 0 Å². The van der Waals surface area contributed by atoms with E-state index < -0.39 is 9.36 Å². The van der Waals surface area contributed by atoms with E-state index in [4.69, 9.17) is 15.2 Å². The largest absolute Gasteiger partial charge is 0.394 e. The van der Waals surface area contributed by atoms with Crippen LogP contribution in [-0.2, 0) is 4.43 Å². The molecule has 50 valence electrons. The SMILES string of the molecule is CCCCO[SiH](N)N. The van der Waals surface area contributed by atoms with Crippen molar-refractivity contribution < 1.29 is 4.43 Å². The number of hydrogen-bond donors (Lipinski definition) is 2. The van der Waals surface area contributed by atoms with E-state index in [2.05, 4.69) is 6.92 Å². The fourth-order valence-corrected chi connectivity index (χ4v) is 0.803. The first-order valence-corrected chi connectivity index (χ1v) is 4.70. The third-order valence-electron chi connectivity index (χ3n) is 0.808. The Morgan fingerprint density at radius 2 is 2.12 bits per heavy atom. The molecule has 0 amide bonds. The molecular weight excluding hydrogens is 120 g/mol. The van der Waals surface area contributed by atoms with E-state index in [1.807, 2.05) is 0 Å². The van der Waals surface area contributed by atoms with E-state index in [0.717, 1.165) is 19.4 Å². The topological polar surface area (TPSA) is 61.3 Å². The summed E-state index contributed by atoms with van der Waals surface area (Å²) in [7, 11) is -1.70. The summed E-state index contributed by atoms with van der Waals surface area (Å²) in [6.45, 7) is 2.84. The molecule has 8 heavy (non-hydrogen) atoms. The Bertz CT molecular complexity index is 51.3. The second-order valence-corrected chi connectivity index (χ2v) is 2.95. The lowest BCUT2D eigenvalue weighted by Crippen LogP contribution is -2.40. The van der Waals surface area contributed by atoms with Gasteiger partial charge in [0.05, 0.1) is 0 Å². The van der Waals surface area contributed by atoms with E-state index in [0.29, 0.717) is 0 Å². The smallest absolute Gasteiger partial charge is 0.329 e. The van der Waals surface area contributed by atoms with Crippen LogP contribution in [0.5, 0.6) is 0 Å². The lowest BCUT2D eigenvalue weighted by molar-refractivity contribution is 0.311. The van der Waals surface area contributed by atoms with Crippen LogP contribution < -0.4 is 10.8 Å². The maximum Gasteiger partial charge on any atom is 0.329 e. The number of nitrogens with two attached hydrogens (primary N) is 2. The molecule has 0 rings (SSSR count). The second kappa shape index (κ2) is 5.24. The van der Waals surface area contributed by atoms with Crippen molar-refractivity contribution in [1.29, 1.82) is 0 Å². The van der Waals surface area contributed by atoms with Crippen LogP contribution in [0, 0.1) is 0 Å². The lowest BCUT2D eigenvalue weighted by atomic mass is 10.4. The first kappa shape index (κ1) is 8.10. The van der Waals surface area contributed by atoms with Gasteiger partial charge in [-0.3, -0.25) is 0 Å². The highest BCUT2D eigenvalue weighted by Gasteiger charge is 1.93. The van der Waals surface area contributed by atoms with Crippen molar-refractivity contribution in [3.8, 4) is 0 Å². The van der Waals surface area contributed by atoms with Crippen molar-refractivity contribution in [3.63, 3.8) is 0 Å². The molecule has 4 N–H and O–H groups in total. The lowest BCUT2D eigenvalue weighted by Gasteiger charge is -2.02. The average Bonchev–Trinajstić information content (AvgIpc) is 1.66. The average molecular weight is 134 g/mol. The molecule has 0 atom stereocenters. The number of unbranched alkanes of at least 4 members (excludes halogenated alkanes) is 1. The fourth-order valence-electron chi connectivity index (χ4n) is 0.364. The summed E-state index contributed by atoms with van der Waals surface area (Å²) in [4.78, 5) is 0. The molecule has 0 unspecified atom stereocenters. The Labute approximate surface area is 51.9 Å². The van der Waals surface area contributed by atoms with E-state index in [9.17, 15) is 0 Å². The fraction of sp³-hybridized carbons (Fsp3) is 1.00. The quantitative estimate of drug-likeness (QED) is 0.400. The highest BCUT2D eigenvalue weighted by atomic mass is 28.3. The zero-order valence-electron chi connectivity index (χ0n) is 5.26. The van der Waals surface area contributed by atoms with Crippen molar-refractivity contribution in [2.75, 3.05) is 6.61 Å². The third kappa shape index (κ3) is 6.10. The van der Waals surface area contributed by atoms with Crippen LogP contribution in [0.2, 0.25) is 0 Å². The van der Waals surface area contributed by atoms with Crippen LogP contribution in [0.1, 0.15) is 19.8 Å². The Morgan fingerprint density at radius 1 is 1.50 bits per heavy atom. The van der Waals surface area contributed by atoms with Crippen LogP contribution in [-0.4, -0.2) is 16.0 Å². The van der Waals surface area contributed by atoms with Gasteiger partial charge < -0.3 is 15.2 Å². The number of rotatable bonds is 4. The van der Waals surface area contributed by atoms with Crippen LogP contribution in [0.3, 0.4) is 0 Å². The highest BCUT2D eigenvalue weighted by molar-refractivity contribution is 6.43. The van der Waals surface area contributed by atoms with Crippen LogP contribution in [0.25, 0.3) is 0 Å². The van der Waals surface area contributed by atoms with E-state index in [-0.39, 0.29) is 0 Å². The molecule has 0 saturated heterocycles. The van der Waals surface area contributed by atoms with Gasteiger partial charge in [-0.15, -0.1) is 0 Å². The molecule has 3 nitrogen and oxygen atoms in total. The van der Waals surface area contributed by atoms with Gasteiger partial charge in [-0.1, -0.05) is 13.3 Å². The highest BCUT2D eigenvalue weighted by Crippen LogP contribution is 1.85. The molecule has 0 saturated carbocycles. The second-order valence-electron chi connectivity index (χ2n) is 1.69. The summed E-state index contributed by atoms with van der Waals surface area (Å²) in [5.74, 6) is 0. The normalized spacial score (nSPS) is 10.5. The summed E-state index contributed by atoms with van der Waals surface area (Å²) < 4.78 is 4.98. The zero-order valence-corrected chi connectivity index (χ0v) is 6.42. The van der Waals surface area contributed by atoms with Gasteiger partial charge in [-0.25, -0.2) is 0 Å². The predicted octanol–water partition coefficient (Wildman–Crippen LogP) is -0.562. The Morgan fingerprint density at radius 3 is 2.50 bits per heavy atom. The maximum absolute atomic E-state index is 5.23. The number of hydrogen-bond acceptors (Lipinski definition) is 3. The summed E-state index contributed by atoms with van der Waals surface area (Å²) in [5.41, 5.74) is 0. The molecule has 0 aliphatic rings. The van der Waals surface area contributed by atoms with Crippen LogP contribution >= 0.6 is 0 Å². The van der Waals surface area contributed by atoms with Gasteiger partial charge in [0.2, 0.25) is 0 Å². The summed E-state index contributed by atoms with van der Waals surface area (Å²) >= 11 is 0. The third-order valence-corrected chi connectivity index (χ3v) is 1.43. The Kier molecular flexibility index (Phi) is 5.30. The molecule has 0 aromatic heterocycles. The van der Waals surface area contributed by atoms with E-state index in [1.54, 1.807) is 0 Å². The van der Waals surface area contributed by atoms with E-state index >= 15 is 0 Å². The van der Waals surface area contributed by atoms with Gasteiger partial charge in [0.25, 0.3) is 0 Å². The minimum absolute atomic E-state index is 0.736. The molecule has 0 aromatic rings. The summed E-state index contributed by atoms with van der Waals surface area (Å²) in [6, 6.07) is 0.